The minimum absolute atomic E-state index is 0.107. The second kappa shape index (κ2) is 3.67. The summed E-state index contributed by atoms with van der Waals surface area (Å²) in [4.78, 5) is 25.7. The first-order chi connectivity index (χ1) is 7.50. The zero-order chi connectivity index (χ0) is 11.9. The highest BCUT2D eigenvalue weighted by atomic mass is 16.3. The van der Waals surface area contributed by atoms with Gasteiger partial charge in [0.05, 0.1) is 6.10 Å². The third-order valence-corrected chi connectivity index (χ3v) is 2.94. The zero-order valence-corrected chi connectivity index (χ0v) is 8.64. The van der Waals surface area contributed by atoms with Crippen LogP contribution in [0.15, 0.2) is 9.59 Å². The number of aliphatic hydroxyl groups is 1. The van der Waals surface area contributed by atoms with Crippen molar-refractivity contribution in [1.82, 2.24) is 9.55 Å². The van der Waals surface area contributed by atoms with Crippen molar-refractivity contribution in [1.29, 1.82) is 0 Å². The maximum absolute atomic E-state index is 11.8. The summed E-state index contributed by atoms with van der Waals surface area (Å²) in [6.07, 6.45) is 1.11. The molecule has 0 saturated heterocycles. The minimum Gasteiger partial charge on any atom is -0.393 e. The number of nitrogens with one attached hydrogen (secondary N) is 1. The van der Waals surface area contributed by atoms with E-state index in [4.69, 9.17) is 11.5 Å². The number of hydrogen-bond acceptors (Lipinski definition) is 5. The lowest BCUT2D eigenvalue weighted by atomic mass is 10.2. The molecule has 88 valence electrons. The Morgan fingerprint density at radius 2 is 2.00 bits per heavy atom. The van der Waals surface area contributed by atoms with Gasteiger partial charge >= 0.3 is 5.69 Å². The summed E-state index contributed by atoms with van der Waals surface area (Å²) in [5.41, 5.74) is 9.53. The van der Waals surface area contributed by atoms with Gasteiger partial charge < -0.3 is 16.6 Å². The standard InChI is InChI=1S/C9H14N4O3/c10-6-7(11)12-9(16)13(8(6)15)4-1-2-5(14)3-4/h4-5,14H,1-3,10-11H2,(H,12,16). The molecule has 7 heteroatoms. The molecule has 0 aromatic carbocycles. The van der Waals surface area contributed by atoms with Gasteiger partial charge in [0.1, 0.15) is 11.5 Å². The molecular formula is C9H14N4O3. The maximum atomic E-state index is 11.8. The van der Waals surface area contributed by atoms with Crippen LogP contribution in [0.25, 0.3) is 0 Å². The van der Waals surface area contributed by atoms with Crippen molar-refractivity contribution in [3.05, 3.63) is 20.8 Å². The number of aromatic amines is 1. The van der Waals surface area contributed by atoms with E-state index >= 15 is 0 Å². The molecule has 0 bridgehead atoms. The first-order valence-electron chi connectivity index (χ1n) is 5.08. The quantitative estimate of drug-likeness (QED) is 0.477. The van der Waals surface area contributed by atoms with Gasteiger partial charge in [-0.1, -0.05) is 0 Å². The topological polar surface area (TPSA) is 127 Å². The van der Waals surface area contributed by atoms with Gasteiger partial charge in [0.25, 0.3) is 5.56 Å². The van der Waals surface area contributed by atoms with E-state index in [1.54, 1.807) is 0 Å². The van der Waals surface area contributed by atoms with E-state index in [0.717, 1.165) is 4.57 Å². The van der Waals surface area contributed by atoms with Crippen LogP contribution in [0.2, 0.25) is 0 Å². The number of anilines is 2. The Labute approximate surface area is 90.7 Å². The lowest BCUT2D eigenvalue weighted by Crippen LogP contribution is -2.39. The summed E-state index contributed by atoms with van der Waals surface area (Å²) in [7, 11) is 0. The average molecular weight is 226 g/mol. The number of nitrogen functional groups attached to an aromatic ring is 2. The number of nitrogens with zero attached hydrogens (tertiary/aromatic N) is 1. The molecule has 2 atom stereocenters. The van der Waals surface area contributed by atoms with E-state index < -0.39 is 17.4 Å². The Hall–Kier alpha value is -1.76. The van der Waals surface area contributed by atoms with Gasteiger partial charge in [-0.25, -0.2) is 4.79 Å². The third kappa shape index (κ3) is 1.58. The normalized spacial score (nSPS) is 24.8. The van der Waals surface area contributed by atoms with Gasteiger partial charge in [-0.3, -0.25) is 14.3 Å². The summed E-state index contributed by atoms with van der Waals surface area (Å²) in [6.45, 7) is 0. The summed E-state index contributed by atoms with van der Waals surface area (Å²) < 4.78 is 1.04. The van der Waals surface area contributed by atoms with Crippen molar-refractivity contribution >= 4 is 11.5 Å². The fourth-order valence-corrected chi connectivity index (χ4v) is 2.08. The lowest BCUT2D eigenvalue weighted by Gasteiger charge is -2.13. The molecule has 1 aromatic rings. The summed E-state index contributed by atoms with van der Waals surface area (Å²) >= 11 is 0. The number of rotatable bonds is 1. The molecule has 0 radical (unpaired) electrons. The van der Waals surface area contributed by atoms with E-state index in [9.17, 15) is 14.7 Å². The Kier molecular flexibility index (Phi) is 2.47. The molecule has 0 spiro atoms. The molecule has 1 saturated carbocycles. The molecule has 6 N–H and O–H groups in total. The molecule has 0 amide bonds. The zero-order valence-electron chi connectivity index (χ0n) is 8.64. The SMILES string of the molecule is Nc1[nH]c(=O)n(C2CCC(O)C2)c(=O)c1N. The van der Waals surface area contributed by atoms with Crippen LogP contribution in [0.1, 0.15) is 25.3 Å². The van der Waals surface area contributed by atoms with E-state index in [1.807, 2.05) is 0 Å². The number of aromatic nitrogens is 2. The van der Waals surface area contributed by atoms with Crippen molar-refractivity contribution < 1.29 is 5.11 Å². The van der Waals surface area contributed by atoms with Gasteiger partial charge in [0.15, 0.2) is 0 Å². The molecule has 1 heterocycles. The summed E-state index contributed by atoms with van der Waals surface area (Å²) in [6, 6.07) is -0.297. The number of nitrogens with two attached hydrogens (primary N) is 2. The first kappa shape index (κ1) is 10.7. The Balaban J connectivity index is 2.53. The second-order valence-corrected chi connectivity index (χ2v) is 4.05. The van der Waals surface area contributed by atoms with E-state index in [0.29, 0.717) is 19.3 Å². The van der Waals surface area contributed by atoms with Crippen molar-refractivity contribution in [2.45, 2.75) is 31.4 Å². The highest BCUT2D eigenvalue weighted by molar-refractivity contribution is 5.55. The number of H-pyrrole nitrogens is 1. The van der Waals surface area contributed by atoms with Crippen LogP contribution in [0, 0.1) is 0 Å². The fourth-order valence-electron chi connectivity index (χ4n) is 2.08. The average Bonchev–Trinajstić information content (AvgIpc) is 2.61. The van der Waals surface area contributed by atoms with Crippen LogP contribution >= 0.6 is 0 Å². The molecule has 2 unspecified atom stereocenters. The molecule has 1 aliphatic rings. The van der Waals surface area contributed by atoms with E-state index in [-0.39, 0.29) is 17.5 Å². The van der Waals surface area contributed by atoms with Crippen LogP contribution in [0.3, 0.4) is 0 Å². The molecule has 7 nitrogen and oxygen atoms in total. The molecule has 1 aliphatic carbocycles. The van der Waals surface area contributed by atoms with Crippen molar-refractivity contribution in [2.75, 3.05) is 11.5 Å². The third-order valence-electron chi connectivity index (χ3n) is 2.94. The monoisotopic (exact) mass is 226 g/mol. The van der Waals surface area contributed by atoms with Gasteiger partial charge in [0, 0.05) is 6.04 Å². The highest BCUT2D eigenvalue weighted by Gasteiger charge is 2.27. The molecule has 0 aliphatic heterocycles. The van der Waals surface area contributed by atoms with Crippen LogP contribution in [-0.4, -0.2) is 20.8 Å². The van der Waals surface area contributed by atoms with Gasteiger partial charge in [-0.05, 0) is 19.3 Å². The van der Waals surface area contributed by atoms with E-state index in [1.165, 1.54) is 0 Å². The molecule has 1 aromatic heterocycles. The smallest absolute Gasteiger partial charge is 0.330 e. The molecular weight excluding hydrogens is 212 g/mol. The number of aliphatic hydroxyl groups excluding tert-OH is 1. The lowest BCUT2D eigenvalue weighted by molar-refractivity contribution is 0.177. The van der Waals surface area contributed by atoms with Crippen molar-refractivity contribution in [3.63, 3.8) is 0 Å². The summed E-state index contributed by atoms with van der Waals surface area (Å²) in [5.74, 6) is -0.107. The predicted molar refractivity (Wildman–Crippen MR) is 59.0 cm³/mol. The van der Waals surface area contributed by atoms with Crippen LogP contribution in [0.5, 0.6) is 0 Å². The van der Waals surface area contributed by atoms with Gasteiger partial charge in [0.2, 0.25) is 0 Å². The Morgan fingerprint density at radius 3 is 2.56 bits per heavy atom. The Morgan fingerprint density at radius 1 is 1.31 bits per heavy atom. The highest BCUT2D eigenvalue weighted by Crippen LogP contribution is 2.27. The molecule has 1 fully saturated rings. The fraction of sp³-hybridized carbons (Fsp3) is 0.556. The van der Waals surface area contributed by atoms with Crippen LogP contribution in [-0.2, 0) is 0 Å². The van der Waals surface area contributed by atoms with Gasteiger partial charge in [-0.2, -0.15) is 0 Å². The van der Waals surface area contributed by atoms with Crippen LogP contribution in [0.4, 0.5) is 11.5 Å². The Bertz CT molecular complexity index is 518. The van der Waals surface area contributed by atoms with Gasteiger partial charge in [-0.15, -0.1) is 0 Å². The first-order valence-corrected chi connectivity index (χ1v) is 5.08. The summed E-state index contributed by atoms with van der Waals surface area (Å²) in [5, 5.41) is 9.38. The number of hydrogen-bond donors (Lipinski definition) is 4. The van der Waals surface area contributed by atoms with Crippen molar-refractivity contribution in [3.8, 4) is 0 Å². The molecule has 2 rings (SSSR count). The second-order valence-electron chi connectivity index (χ2n) is 4.05. The maximum Gasteiger partial charge on any atom is 0.330 e. The molecule has 16 heavy (non-hydrogen) atoms. The minimum atomic E-state index is -0.583. The van der Waals surface area contributed by atoms with Crippen LogP contribution < -0.4 is 22.7 Å². The van der Waals surface area contributed by atoms with Crippen molar-refractivity contribution in [2.24, 2.45) is 0 Å². The largest absolute Gasteiger partial charge is 0.393 e. The predicted octanol–water partition coefficient (Wildman–Crippen LogP) is -1.21. The van der Waals surface area contributed by atoms with E-state index in [2.05, 4.69) is 4.98 Å².